The number of rotatable bonds is 4. The van der Waals surface area contributed by atoms with Crippen molar-refractivity contribution in [1.29, 1.82) is 0 Å². The fraction of sp³-hybridized carbons (Fsp3) is 0.333. The number of nitrogens with zero attached hydrogens (tertiary/aromatic N) is 2. The minimum absolute atomic E-state index is 0.0267. The molecule has 0 radical (unpaired) electrons. The lowest BCUT2D eigenvalue weighted by Crippen LogP contribution is -2.08. The summed E-state index contributed by atoms with van der Waals surface area (Å²) in [7, 11) is 1.12. The minimum Gasteiger partial charge on any atom is -0.469 e. The van der Waals surface area contributed by atoms with Gasteiger partial charge >= 0.3 is 18.2 Å². The molecule has 1 aromatic heterocycles. The summed E-state index contributed by atoms with van der Waals surface area (Å²) in [6, 6.07) is 0.929. The second kappa shape index (κ2) is 5.80. The first kappa shape index (κ1) is 14.4. The van der Waals surface area contributed by atoms with E-state index in [4.69, 9.17) is 0 Å². The topological polar surface area (TPSA) is 82.3 Å². The molecule has 1 aromatic rings. The molecule has 0 N–H and O–H groups in total. The molecule has 0 aliphatic rings. The van der Waals surface area contributed by atoms with E-state index in [0.717, 1.165) is 13.2 Å². The van der Waals surface area contributed by atoms with E-state index in [2.05, 4.69) is 25.7 Å². The van der Waals surface area contributed by atoms with E-state index in [1.807, 2.05) is 0 Å². The number of carbonyl (C=O) groups excluding carboxylic acids is 1. The SMILES string of the molecule is COC(=O)Cc1cc(C(F)F)nc([N+](=O)[O-])c1Br. The Morgan fingerprint density at radius 1 is 1.67 bits per heavy atom. The van der Waals surface area contributed by atoms with Gasteiger partial charge in [-0.3, -0.25) is 4.79 Å². The van der Waals surface area contributed by atoms with Crippen molar-refractivity contribution in [3.63, 3.8) is 0 Å². The summed E-state index contributed by atoms with van der Waals surface area (Å²) in [5, 5.41) is 10.7. The lowest BCUT2D eigenvalue weighted by atomic mass is 10.1. The van der Waals surface area contributed by atoms with Gasteiger partial charge in [-0.05, 0) is 37.5 Å². The molecule has 0 spiro atoms. The van der Waals surface area contributed by atoms with Crippen molar-refractivity contribution < 1.29 is 23.2 Å². The van der Waals surface area contributed by atoms with Crippen LogP contribution >= 0.6 is 15.9 Å². The molecule has 0 aliphatic carbocycles. The Bertz CT molecular complexity index is 496. The Morgan fingerprint density at radius 2 is 2.28 bits per heavy atom. The lowest BCUT2D eigenvalue weighted by molar-refractivity contribution is -0.390. The number of carbonyl (C=O) groups is 1. The van der Waals surface area contributed by atoms with Gasteiger partial charge in [0.25, 0.3) is 0 Å². The summed E-state index contributed by atoms with van der Waals surface area (Å²) >= 11 is 2.87. The van der Waals surface area contributed by atoms with Gasteiger partial charge in [0, 0.05) is 0 Å². The number of halogens is 3. The zero-order valence-corrected chi connectivity index (χ0v) is 10.6. The van der Waals surface area contributed by atoms with E-state index in [-0.39, 0.29) is 16.5 Å². The summed E-state index contributed by atoms with van der Waals surface area (Å²) in [4.78, 5) is 24.0. The minimum atomic E-state index is -2.96. The van der Waals surface area contributed by atoms with Crippen LogP contribution in [0.3, 0.4) is 0 Å². The number of nitro groups is 1. The van der Waals surface area contributed by atoms with Crippen LogP contribution in [0, 0.1) is 10.1 Å². The average Bonchev–Trinajstić information content (AvgIpc) is 2.30. The largest absolute Gasteiger partial charge is 0.469 e. The van der Waals surface area contributed by atoms with Crippen molar-refractivity contribution in [3.8, 4) is 0 Å². The third kappa shape index (κ3) is 3.19. The number of pyridine rings is 1. The molecule has 0 saturated carbocycles. The van der Waals surface area contributed by atoms with Gasteiger partial charge in [0.1, 0.15) is 4.47 Å². The molecule has 0 fully saturated rings. The lowest BCUT2D eigenvalue weighted by Gasteiger charge is -2.05. The Balaban J connectivity index is 3.31. The Morgan fingerprint density at radius 3 is 2.72 bits per heavy atom. The molecule has 0 bridgehead atoms. The van der Waals surface area contributed by atoms with Crippen LogP contribution < -0.4 is 0 Å². The van der Waals surface area contributed by atoms with Gasteiger partial charge < -0.3 is 14.9 Å². The highest BCUT2D eigenvalue weighted by atomic mass is 79.9. The number of hydrogen-bond donors (Lipinski definition) is 0. The van der Waals surface area contributed by atoms with Gasteiger partial charge in [-0.25, -0.2) is 8.78 Å². The second-order valence-corrected chi connectivity index (χ2v) is 3.95. The van der Waals surface area contributed by atoms with Crippen molar-refractivity contribution in [2.75, 3.05) is 7.11 Å². The predicted molar refractivity (Wildman–Crippen MR) is 59.3 cm³/mol. The van der Waals surface area contributed by atoms with Crippen LogP contribution in [0.5, 0.6) is 0 Å². The standard InChI is InChI=1S/C9H7BrF2N2O4/c1-18-6(15)3-4-2-5(8(11)12)13-9(7(4)10)14(16)17/h2,8H,3H2,1H3. The number of ether oxygens (including phenoxy) is 1. The third-order valence-corrected chi connectivity index (χ3v) is 2.86. The summed E-state index contributed by atoms with van der Waals surface area (Å²) < 4.78 is 29.3. The van der Waals surface area contributed by atoms with Crippen molar-refractivity contribution in [2.24, 2.45) is 0 Å². The Kier molecular flexibility index (Phi) is 4.65. The molecule has 0 aromatic carbocycles. The van der Waals surface area contributed by atoms with Crippen LogP contribution in [-0.2, 0) is 16.0 Å². The van der Waals surface area contributed by atoms with Gasteiger partial charge in [0.05, 0.1) is 13.5 Å². The summed E-state index contributed by atoms with van der Waals surface area (Å²) in [6.45, 7) is 0. The zero-order chi connectivity index (χ0) is 13.9. The first-order chi connectivity index (χ1) is 8.36. The van der Waals surface area contributed by atoms with Crippen LogP contribution in [0.15, 0.2) is 10.5 Å². The first-order valence-electron chi connectivity index (χ1n) is 4.55. The first-order valence-corrected chi connectivity index (χ1v) is 5.34. The van der Waals surface area contributed by atoms with E-state index < -0.39 is 28.8 Å². The zero-order valence-electron chi connectivity index (χ0n) is 9.02. The smallest absolute Gasteiger partial charge is 0.378 e. The van der Waals surface area contributed by atoms with Crippen LogP contribution in [0.25, 0.3) is 0 Å². The van der Waals surface area contributed by atoms with E-state index in [1.54, 1.807) is 0 Å². The molecule has 18 heavy (non-hydrogen) atoms. The van der Waals surface area contributed by atoms with Crippen molar-refractivity contribution >= 4 is 27.7 Å². The summed E-state index contributed by atoms with van der Waals surface area (Å²) in [6.07, 6.45) is -3.33. The normalized spacial score (nSPS) is 10.5. The fourth-order valence-corrected chi connectivity index (χ4v) is 1.67. The molecule has 0 aliphatic heterocycles. The van der Waals surface area contributed by atoms with Gasteiger partial charge in [-0.15, -0.1) is 0 Å². The predicted octanol–water partition coefficient (Wildman–Crippen LogP) is 2.41. The number of methoxy groups -OCH3 is 1. The number of esters is 1. The highest BCUT2D eigenvalue weighted by Crippen LogP contribution is 2.31. The van der Waals surface area contributed by atoms with Crippen LogP contribution in [0.1, 0.15) is 17.7 Å². The van der Waals surface area contributed by atoms with Gasteiger partial charge in [0.2, 0.25) is 5.69 Å². The number of alkyl halides is 2. The number of aromatic nitrogens is 1. The van der Waals surface area contributed by atoms with E-state index in [9.17, 15) is 23.7 Å². The maximum atomic E-state index is 12.5. The molecule has 9 heteroatoms. The van der Waals surface area contributed by atoms with Crippen molar-refractivity contribution in [1.82, 2.24) is 4.98 Å². The van der Waals surface area contributed by atoms with Gasteiger partial charge in [-0.2, -0.15) is 0 Å². The highest BCUT2D eigenvalue weighted by Gasteiger charge is 2.26. The summed E-state index contributed by atoms with van der Waals surface area (Å²) in [5.41, 5.74) is -0.734. The molecular formula is C9H7BrF2N2O4. The van der Waals surface area contributed by atoms with Gasteiger partial charge in [-0.1, -0.05) is 0 Å². The third-order valence-electron chi connectivity index (χ3n) is 1.99. The highest BCUT2D eigenvalue weighted by molar-refractivity contribution is 9.10. The molecule has 1 heterocycles. The molecule has 0 unspecified atom stereocenters. The van der Waals surface area contributed by atoms with Crippen molar-refractivity contribution in [2.45, 2.75) is 12.8 Å². The van der Waals surface area contributed by atoms with Gasteiger partial charge in [0.15, 0.2) is 0 Å². The average molecular weight is 325 g/mol. The second-order valence-electron chi connectivity index (χ2n) is 3.15. The molecular weight excluding hydrogens is 318 g/mol. The maximum absolute atomic E-state index is 12.5. The Hall–Kier alpha value is -1.64. The molecule has 0 saturated heterocycles. The Labute approximate surface area is 108 Å². The maximum Gasteiger partial charge on any atom is 0.378 e. The molecule has 0 amide bonds. The number of hydrogen-bond acceptors (Lipinski definition) is 5. The molecule has 0 atom stereocenters. The van der Waals surface area contributed by atoms with Crippen LogP contribution in [0.2, 0.25) is 0 Å². The van der Waals surface area contributed by atoms with E-state index >= 15 is 0 Å². The molecule has 6 nitrogen and oxygen atoms in total. The summed E-state index contributed by atoms with van der Waals surface area (Å²) in [5.74, 6) is -1.46. The molecule has 1 rings (SSSR count). The van der Waals surface area contributed by atoms with E-state index in [0.29, 0.717) is 0 Å². The fourth-order valence-electron chi connectivity index (χ4n) is 1.18. The van der Waals surface area contributed by atoms with E-state index in [1.165, 1.54) is 0 Å². The van der Waals surface area contributed by atoms with Crippen molar-refractivity contribution in [3.05, 3.63) is 31.9 Å². The van der Waals surface area contributed by atoms with Crippen LogP contribution in [0.4, 0.5) is 14.6 Å². The van der Waals surface area contributed by atoms with Crippen LogP contribution in [-0.4, -0.2) is 23.0 Å². The monoisotopic (exact) mass is 324 g/mol. The quantitative estimate of drug-likeness (QED) is 0.482. The molecule has 98 valence electrons.